The zero-order valence-corrected chi connectivity index (χ0v) is 7.15. The number of rotatable bonds is 0. The van der Waals surface area contributed by atoms with Crippen molar-refractivity contribution >= 4 is 17.9 Å². The van der Waals surface area contributed by atoms with Gasteiger partial charge in [0, 0.05) is 14.1 Å². The lowest BCUT2D eigenvalue weighted by Crippen LogP contribution is -2.19. The Hall–Kier alpha value is -1.58. The van der Waals surface area contributed by atoms with Crippen molar-refractivity contribution in [3.63, 3.8) is 0 Å². The first-order valence-corrected chi connectivity index (χ1v) is 3.68. The Morgan fingerprint density at radius 1 is 1.42 bits per heavy atom. The molecule has 4 nitrogen and oxygen atoms in total. The van der Waals surface area contributed by atoms with Crippen molar-refractivity contribution < 1.29 is 0 Å². The van der Waals surface area contributed by atoms with Crippen LogP contribution in [0.5, 0.6) is 0 Å². The second-order valence-electron chi connectivity index (χ2n) is 2.83. The van der Waals surface area contributed by atoms with E-state index in [9.17, 15) is 0 Å². The summed E-state index contributed by atoms with van der Waals surface area (Å²) in [5.41, 5.74) is 1.75. The summed E-state index contributed by atoms with van der Waals surface area (Å²) < 4.78 is 1.92. The molecule has 0 aliphatic carbocycles. The predicted octanol–water partition coefficient (Wildman–Crippen LogP) is 0.869. The molecule has 0 radical (unpaired) electrons. The molecule has 62 valence electrons. The summed E-state index contributed by atoms with van der Waals surface area (Å²) >= 11 is 0. The summed E-state index contributed by atoms with van der Waals surface area (Å²) in [6.07, 6.45) is 3.48. The first-order valence-electron chi connectivity index (χ1n) is 3.68. The van der Waals surface area contributed by atoms with Gasteiger partial charge in [0.2, 0.25) is 0 Å². The molecule has 1 aliphatic heterocycles. The fourth-order valence-electron chi connectivity index (χ4n) is 1.28. The molecule has 4 heteroatoms. The molecule has 0 N–H and O–H groups in total. The number of imidazole rings is 1. The van der Waals surface area contributed by atoms with Crippen molar-refractivity contribution in [1.82, 2.24) is 9.55 Å². The minimum absolute atomic E-state index is 0.767. The maximum absolute atomic E-state index is 4.22. The molecular weight excluding hydrogens is 152 g/mol. The van der Waals surface area contributed by atoms with Crippen LogP contribution in [0, 0.1) is 0 Å². The third-order valence-electron chi connectivity index (χ3n) is 1.91. The van der Waals surface area contributed by atoms with Gasteiger partial charge in [-0.2, -0.15) is 0 Å². The van der Waals surface area contributed by atoms with Crippen molar-refractivity contribution in [3.05, 3.63) is 18.6 Å². The maximum atomic E-state index is 4.22. The second-order valence-corrected chi connectivity index (χ2v) is 2.83. The van der Waals surface area contributed by atoms with Gasteiger partial charge in [-0.3, -0.25) is 0 Å². The average Bonchev–Trinajstić information content (AvgIpc) is 2.42. The summed E-state index contributed by atoms with van der Waals surface area (Å²) in [4.78, 5) is 10.2. The SMILES string of the molecule is C=C1N=CN(C)c2ncn(C)c21. The first kappa shape index (κ1) is 7.09. The smallest absolute Gasteiger partial charge is 0.161 e. The molecule has 1 aliphatic rings. The molecule has 0 unspecified atom stereocenters. The lowest BCUT2D eigenvalue weighted by molar-refractivity contribution is 0.893. The van der Waals surface area contributed by atoms with Crippen LogP contribution in [0.15, 0.2) is 17.9 Å². The van der Waals surface area contributed by atoms with Crippen LogP contribution in [0.3, 0.4) is 0 Å². The Morgan fingerprint density at radius 2 is 2.17 bits per heavy atom. The van der Waals surface area contributed by atoms with Gasteiger partial charge >= 0.3 is 0 Å². The van der Waals surface area contributed by atoms with Crippen LogP contribution in [-0.2, 0) is 7.05 Å². The van der Waals surface area contributed by atoms with Crippen molar-refractivity contribution in [3.8, 4) is 0 Å². The lowest BCUT2D eigenvalue weighted by Gasteiger charge is -2.17. The minimum Gasteiger partial charge on any atom is -0.331 e. The van der Waals surface area contributed by atoms with Crippen LogP contribution in [0.25, 0.3) is 5.70 Å². The fourth-order valence-corrected chi connectivity index (χ4v) is 1.28. The summed E-state index contributed by atoms with van der Waals surface area (Å²) in [7, 11) is 3.85. The van der Waals surface area contributed by atoms with Gasteiger partial charge in [0.25, 0.3) is 0 Å². The van der Waals surface area contributed by atoms with Gasteiger partial charge < -0.3 is 9.47 Å². The van der Waals surface area contributed by atoms with Crippen LogP contribution < -0.4 is 4.90 Å². The van der Waals surface area contributed by atoms with Crippen LogP contribution in [0.4, 0.5) is 5.82 Å². The highest BCUT2D eigenvalue weighted by atomic mass is 15.3. The Kier molecular flexibility index (Phi) is 1.30. The van der Waals surface area contributed by atoms with Gasteiger partial charge in [0.1, 0.15) is 5.69 Å². The van der Waals surface area contributed by atoms with Gasteiger partial charge in [-0.05, 0) is 0 Å². The van der Waals surface area contributed by atoms with E-state index >= 15 is 0 Å². The molecule has 0 bridgehead atoms. The lowest BCUT2D eigenvalue weighted by atomic mass is 10.3. The molecule has 0 spiro atoms. The minimum atomic E-state index is 0.767. The molecular formula is C8H10N4. The maximum Gasteiger partial charge on any atom is 0.161 e. The van der Waals surface area contributed by atoms with E-state index in [2.05, 4.69) is 16.6 Å². The molecule has 2 rings (SSSR count). The quantitative estimate of drug-likeness (QED) is 0.567. The molecule has 0 atom stereocenters. The van der Waals surface area contributed by atoms with Crippen LogP contribution in [-0.4, -0.2) is 22.9 Å². The highest BCUT2D eigenvalue weighted by Gasteiger charge is 2.17. The second kappa shape index (κ2) is 2.20. The van der Waals surface area contributed by atoms with Gasteiger partial charge in [0.05, 0.1) is 18.4 Å². The molecule has 0 fully saturated rings. The number of anilines is 1. The van der Waals surface area contributed by atoms with Crippen molar-refractivity contribution in [2.24, 2.45) is 12.0 Å². The topological polar surface area (TPSA) is 33.4 Å². The predicted molar refractivity (Wildman–Crippen MR) is 49.1 cm³/mol. The first-order chi connectivity index (χ1) is 5.70. The molecule has 1 aromatic heterocycles. The van der Waals surface area contributed by atoms with E-state index in [4.69, 9.17) is 0 Å². The Morgan fingerprint density at radius 3 is 2.83 bits per heavy atom. The largest absolute Gasteiger partial charge is 0.331 e. The molecule has 0 amide bonds. The van der Waals surface area contributed by atoms with Crippen molar-refractivity contribution in [2.45, 2.75) is 0 Å². The highest BCUT2D eigenvalue weighted by Crippen LogP contribution is 2.26. The Bertz CT molecular complexity index is 361. The van der Waals surface area contributed by atoms with Crippen molar-refractivity contribution in [1.29, 1.82) is 0 Å². The Labute approximate surface area is 70.9 Å². The number of aryl methyl sites for hydroxylation is 1. The summed E-state index contributed by atoms with van der Waals surface area (Å²) in [5.74, 6) is 0.914. The van der Waals surface area contributed by atoms with Crippen LogP contribution >= 0.6 is 0 Å². The summed E-state index contributed by atoms with van der Waals surface area (Å²) in [5, 5.41) is 0. The summed E-state index contributed by atoms with van der Waals surface area (Å²) in [6, 6.07) is 0. The van der Waals surface area contributed by atoms with Gasteiger partial charge in [-0.25, -0.2) is 9.98 Å². The Balaban J connectivity index is 2.64. The van der Waals surface area contributed by atoms with Crippen LogP contribution in [0.1, 0.15) is 5.69 Å². The highest BCUT2D eigenvalue weighted by molar-refractivity contribution is 5.90. The van der Waals surface area contributed by atoms with E-state index in [1.54, 1.807) is 12.7 Å². The third kappa shape index (κ3) is 0.777. The number of hydrogen-bond acceptors (Lipinski definition) is 3. The number of hydrogen-bond donors (Lipinski definition) is 0. The number of fused-ring (bicyclic) bond motifs is 1. The van der Waals surface area contributed by atoms with E-state index in [1.165, 1.54) is 0 Å². The van der Waals surface area contributed by atoms with E-state index in [0.29, 0.717) is 0 Å². The van der Waals surface area contributed by atoms with Gasteiger partial charge in [-0.15, -0.1) is 0 Å². The number of nitrogens with zero attached hydrogens (tertiary/aromatic N) is 4. The summed E-state index contributed by atoms with van der Waals surface area (Å²) in [6.45, 7) is 3.84. The standard InChI is InChI=1S/C8H10N4/c1-6-7-8(10-5-11(7)2)12(3)4-9-6/h4-5H,1H2,2-3H3. The monoisotopic (exact) mass is 162 g/mol. The van der Waals surface area contributed by atoms with E-state index in [0.717, 1.165) is 17.2 Å². The van der Waals surface area contributed by atoms with Gasteiger partial charge in [-0.1, -0.05) is 6.58 Å². The number of aliphatic imine (C=N–C) groups is 1. The number of aromatic nitrogens is 2. The van der Waals surface area contributed by atoms with Crippen LogP contribution in [0.2, 0.25) is 0 Å². The normalized spacial score (nSPS) is 15.2. The van der Waals surface area contributed by atoms with Crippen molar-refractivity contribution in [2.75, 3.05) is 11.9 Å². The van der Waals surface area contributed by atoms with Gasteiger partial charge in [0.15, 0.2) is 5.82 Å². The molecule has 1 aromatic rings. The molecule has 12 heavy (non-hydrogen) atoms. The third-order valence-corrected chi connectivity index (χ3v) is 1.91. The zero-order valence-electron chi connectivity index (χ0n) is 7.15. The molecule has 0 saturated heterocycles. The van der Waals surface area contributed by atoms with E-state index in [1.807, 2.05) is 23.6 Å². The molecule has 0 aromatic carbocycles. The molecule has 0 saturated carbocycles. The van der Waals surface area contributed by atoms with E-state index < -0.39 is 0 Å². The fraction of sp³-hybridized carbons (Fsp3) is 0.250. The zero-order chi connectivity index (χ0) is 8.72. The average molecular weight is 162 g/mol. The molecule has 2 heterocycles. The van der Waals surface area contributed by atoms with E-state index in [-0.39, 0.29) is 0 Å².